The molecule has 8 heteroatoms. The maximum atomic E-state index is 12.1. The average molecular weight is 338 g/mol. The molecule has 0 saturated carbocycles. The lowest BCUT2D eigenvalue weighted by atomic mass is 10.2. The second-order valence-corrected chi connectivity index (χ2v) is 6.45. The summed E-state index contributed by atoms with van der Waals surface area (Å²) in [6.07, 6.45) is 1.59. The summed E-state index contributed by atoms with van der Waals surface area (Å²) < 4.78 is 22.5. The Bertz CT molecular complexity index is 815. The molecule has 0 aliphatic heterocycles. The van der Waals surface area contributed by atoms with Crippen LogP contribution in [0.4, 0.5) is 0 Å². The number of nitrogens with zero attached hydrogens (tertiary/aromatic N) is 3. The first-order chi connectivity index (χ1) is 10.6. The van der Waals surface area contributed by atoms with Crippen LogP contribution in [0, 0.1) is 6.92 Å². The van der Waals surface area contributed by atoms with Crippen LogP contribution in [0.5, 0.6) is 0 Å². The van der Waals surface area contributed by atoms with Crippen molar-refractivity contribution in [3.05, 3.63) is 53.0 Å². The molecule has 2 aromatic heterocycles. The van der Waals surface area contributed by atoms with E-state index in [2.05, 4.69) is 15.1 Å². The van der Waals surface area contributed by atoms with E-state index >= 15 is 0 Å². The molecular weight excluding hydrogens is 326 g/mol. The van der Waals surface area contributed by atoms with Crippen molar-refractivity contribution in [1.82, 2.24) is 15.1 Å². The molecule has 0 fully saturated rings. The molecule has 1 atom stereocenters. The largest absolute Gasteiger partial charge is 0.445 e. The molecule has 3 aromatic rings. The van der Waals surface area contributed by atoms with Gasteiger partial charge in [0, 0.05) is 10.8 Å². The van der Waals surface area contributed by atoms with Crippen LogP contribution in [0.25, 0.3) is 11.5 Å². The van der Waals surface area contributed by atoms with Gasteiger partial charge in [-0.15, -0.1) is 0 Å². The monoisotopic (exact) mass is 337 g/mol. The van der Waals surface area contributed by atoms with Crippen molar-refractivity contribution >= 4 is 22.4 Å². The maximum Gasteiger partial charge on any atom is 0.259 e. The third-order valence-electron chi connectivity index (χ3n) is 2.82. The lowest BCUT2D eigenvalue weighted by molar-refractivity contribution is 0.425. The lowest BCUT2D eigenvalue weighted by Crippen LogP contribution is -2.01. The number of benzene rings is 1. The summed E-state index contributed by atoms with van der Waals surface area (Å²) in [4.78, 5) is 8.24. The molecule has 2 heterocycles. The Kier molecular flexibility index (Phi) is 4.35. The second-order valence-electron chi connectivity index (χ2n) is 4.59. The van der Waals surface area contributed by atoms with Gasteiger partial charge in [0.15, 0.2) is 5.82 Å². The van der Waals surface area contributed by atoms with Gasteiger partial charge in [0.05, 0.1) is 22.5 Å². The maximum absolute atomic E-state index is 12.1. The van der Waals surface area contributed by atoms with Gasteiger partial charge in [-0.3, -0.25) is 4.21 Å². The SMILES string of the molecule is Cc1cnc(C[S@@](=O)Cc2noc(-c3ccccc3Cl)n2)o1. The van der Waals surface area contributed by atoms with Crippen molar-refractivity contribution in [3.8, 4) is 11.5 Å². The predicted octanol–water partition coefficient (Wildman–Crippen LogP) is 3.14. The number of oxazole rings is 1. The molecule has 0 amide bonds. The summed E-state index contributed by atoms with van der Waals surface area (Å²) in [5.41, 5.74) is 0.650. The highest BCUT2D eigenvalue weighted by Gasteiger charge is 2.15. The minimum absolute atomic E-state index is 0.162. The molecule has 0 radical (unpaired) electrons. The van der Waals surface area contributed by atoms with Crippen molar-refractivity contribution in [2.75, 3.05) is 0 Å². The van der Waals surface area contributed by atoms with Gasteiger partial charge in [-0.25, -0.2) is 4.98 Å². The Morgan fingerprint density at radius 3 is 2.82 bits per heavy atom. The lowest BCUT2D eigenvalue weighted by Gasteiger charge is -1.96. The van der Waals surface area contributed by atoms with Gasteiger partial charge in [0.1, 0.15) is 11.5 Å². The number of rotatable bonds is 5. The Hall–Kier alpha value is -1.99. The molecule has 1 aromatic carbocycles. The van der Waals surface area contributed by atoms with E-state index in [4.69, 9.17) is 20.5 Å². The van der Waals surface area contributed by atoms with E-state index in [0.717, 1.165) is 0 Å². The fourth-order valence-electron chi connectivity index (χ4n) is 1.86. The summed E-state index contributed by atoms with van der Waals surface area (Å²) in [6.45, 7) is 1.79. The van der Waals surface area contributed by atoms with E-state index in [1.165, 1.54) is 0 Å². The van der Waals surface area contributed by atoms with Crippen molar-refractivity contribution in [2.24, 2.45) is 0 Å². The molecule has 0 bridgehead atoms. The zero-order valence-electron chi connectivity index (χ0n) is 11.7. The first-order valence-electron chi connectivity index (χ1n) is 6.45. The molecule has 0 spiro atoms. The number of aryl methyl sites for hydroxylation is 1. The molecular formula is C14H12ClN3O3S. The van der Waals surface area contributed by atoms with Crippen LogP contribution in [0.3, 0.4) is 0 Å². The van der Waals surface area contributed by atoms with Crippen LogP contribution in [0.15, 0.2) is 39.4 Å². The number of halogens is 1. The number of aromatic nitrogens is 3. The smallest absolute Gasteiger partial charge is 0.259 e. The zero-order chi connectivity index (χ0) is 15.5. The fourth-order valence-corrected chi connectivity index (χ4v) is 2.99. The summed E-state index contributed by atoms with van der Waals surface area (Å²) in [5.74, 6) is 2.17. The number of hydrogen-bond donors (Lipinski definition) is 0. The van der Waals surface area contributed by atoms with Crippen LogP contribution in [0.2, 0.25) is 5.02 Å². The Balaban J connectivity index is 1.69. The molecule has 0 N–H and O–H groups in total. The van der Waals surface area contributed by atoms with Gasteiger partial charge in [-0.05, 0) is 19.1 Å². The van der Waals surface area contributed by atoms with E-state index in [9.17, 15) is 4.21 Å². The highest BCUT2D eigenvalue weighted by atomic mass is 35.5. The summed E-state index contributed by atoms with van der Waals surface area (Å²) in [5, 5.41) is 4.35. The van der Waals surface area contributed by atoms with Gasteiger partial charge >= 0.3 is 0 Å². The average Bonchev–Trinajstić information content (AvgIpc) is 3.09. The van der Waals surface area contributed by atoms with Gasteiger partial charge in [0.2, 0.25) is 5.89 Å². The minimum Gasteiger partial charge on any atom is -0.445 e. The quantitative estimate of drug-likeness (QED) is 0.711. The summed E-state index contributed by atoms with van der Waals surface area (Å²) >= 11 is 6.07. The van der Waals surface area contributed by atoms with Crippen molar-refractivity contribution in [3.63, 3.8) is 0 Å². The molecule has 0 aliphatic rings. The zero-order valence-corrected chi connectivity index (χ0v) is 13.2. The molecule has 0 aliphatic carbocycles. The van der Waals surface area contributed by atoms with Gasteiger partial charge in [-0.2, -0.15) is 4.98 Å². The van der Waals surface area contributed by atoms with E-state index in [1.54, 1.807) is 25.3 Å². The van der Waals surface area contributed by atoms with Gasteiger partial charge < -0.3 is 8.94 Å². The number of hydrogen-bond acceptors (Lipinski definition) is 6. The van der Waals surface area contributed by atoms with E-state index in [1.807, 2.05) is 12.1 Å². The third-order valence-corrected chi connectivity index (χ3v) is 4.29. The summed E-state index contributed by atoms with van der Waals surface area (Å²) in [6, 6.07) is 7.17. The molecule has 114 valence electrons. The topological polar surface area (TPSA) is 82.0 Å². The standard InChI is InChI=1S/C14H12ClN3O3S/c1-9-6-16-13(20-9)8-22(19)7-12-17-14(21-18-12)10-4-2-3-5-11(10)15/h2-6H,7-8H2,1H3/t22-/m0/s1. The molecule has 22 heavy (non-hydrogen) atoms. The van der Waals surface area contributed by atoms with Crippen LogP contribution in [-0.2, 0) is 22.3 Å². The van der Waals surface area contributed by atoms with Gasteiger partial charge in [0.25, 0.3) is 5.89 Å². The molecule has 0 saturated heterocycles. The third kappa shape index (κ3) is 3.42. The van der Waals surface area contributed by atoms with Crippen LogP contribution >= 0.6 is 11.6 Å². The van der Waals surface area contributed by atoms with Crippen LogP contribution < -0.4 is 0 Å². The van der Waals surface area contributed by atoms with Crippen LogP contribution in [0.1, 0.15) is 17.5 Å². The normalized spacial score (nSPS) is 12.5. The second kappa shape index (κ2) is 6.41. The molecule has 3 rings (SSSR count). The first-order valence-corrected chi connectivity index (χ1v) is 8.32. The Labute approximate surface area is 134 Å². The highest BCUT2D eigenvalue weighted by molar-refractivity contribution is 7.83. The van der Waals surface area contributed by atoms with E-state index in [0.29, 0.717) is 34.0 Å². The van der Waals surface area contributed by atoms with Crippen molar-refractivity contribution in [1.29, 1.82) is 0 Å². The van der Waals surface area contributed by atoms with E-state index in [-0.39, 0.29) is 11.5 Å². The van der Waals surface area contributed by atoms with Crippen molar-refractivity contribution < 1.29 is 13.1 Å². The summed E-state index contributed by atoms with van der Waals surface area (Å²) in [7, 11) is -1.23. The first kappa shape index (κ1) is 14.9. The van der Waals surface area contributed by atoms with E-state index < -0.39 is 10.8 Å². The predicted molar refractivity (Wildman–Crippen MR) is 81.5 cm³/mol. The fraction of sp³-hybridized carbons (Fsp3) is 0.214. The molecule has 0 unspecified atom stereocenters. The van der Waals surface area contributed by atoms with Crippen LogP contribution in [-0.4, -0.2) is 19.3 Å². The Morgan fingerprint density at radius 1 is 1.27 bits per heavy atom. The highest BCUT2D eigenvalue weighted by Crippen LogP contribution is 2.26. The van der Waals surface area contributed by atoms with Crippen molar-refractivity contribution in [2.45, 2.75) is 18.4 Å². The van der Waals surface area contributed by atoms with Gasteiger partial charge in [-0.1, -0.05) is 28.9 Å². The minimum atomic E-state index is -1.23. The Morgan fingerprint density at radius 2 is 2.09 bits per heavy atom. The molecule has 6 nitrogen and oxygen atoms in total.